The molecule has 0 saturated heterocycles. The third kappa shape index (κ3) is 3.00. The largest absolute Gasteiger partial charge is 0.478 e. The van der Waals surface area contributed by atoms with Crippen molar-refractivity contribution in [3.8, 4) is 0 Å². The van der Waals surface area contributed by atoms with Gasteiger partial charge in [-0.25, -0.2) is 9.78 Å². The molecule has 4 rings (SSSR count). The number of rotatable bonds is 4. The molecule has 2 N–H and O–H groups in total. The first kappa shape index (κ1) is 15.8. The third-order valence-corrected chi connectivity index (χ3v) is 5.47. The number of allylic oxidation sites excluding steroid dienone is 2. The molecule has 1 aliphatic heterocycles. The van der Waals surface area contributed by atoms with E-state index in [0.29, 0.717) is 5.69 Å². The highest BCUT2D eigenvalue weighted by atomic mass is 32.2. The van der Waals surface area contributed by atoms with Crippen LogP contribution in [0.5, 0.6) is 0 Å². The molecular weight excluding hydrogens is 334 g/mol. The van der Waals surface area contributed by atoms with Crippen LogP contribution in [0.2, 0.25) is 0 Å². The summed E-state index contributed by atoms with van der Waals surface area (Å²) in [5, 5.41) is 13.0. The number of pyridine rings is 1. The van der Waals surface area contributed by atoms with Gasteiger partial charge >= 0.3 is 5.97 Å². The number of nitrogens with one attached hydrogen (secondary N) is 1. The summed E-state index contributed by atoms with van der Waals surface area (Å²) in [6.45, 7) is 2.10. The zero-order valence-corrected chi connectivity index (χ0v) is 14.5. The van der Waals surface area contributed by atoms with Crippen molar-refractivity contribution in [2.75, 3.05) is 5.32 Å². The highest BCUT2D eigenvalue weighted by Gasteiger charge is 2.22. The molecule has 0 radical (unpaired) electrons. The molecule has 6 heteroatoms. The molecule has 0 spiro atoms. The van der Waals surface area contributed by atoms with Crippen molar-refractivity contribution in [2.24, 2.45) is 0 Å². The van der Waals surface area contributed by atoms with Crippen LogP contribution in [0, 0.1) is 0 Å². The molecule has 2 aromatic heterocycles. The lowest BCUT2D eigenvalue weighted by atomic mass is 10.2. The second kappa shape index (κ2) is 6.29. The number of para-hydroxylation sites is 1. The van der Waals surface area contributed by atoms with E-state index in [9.17, 15) is 9.90 Å². The van der Waals surface area contributed by atoms with Crippen LogP contribution >= 0.6 is 11.8 Å². The van der Waals surface area contributed by atoms with Gasteiger partial charge in [-0.2, -0.15) is 0 Å². The van der Waals surface area contributed by atoms with Crippen LogP contribution in [0.15, 0.2) is 59.8 Å². The molecule has 126 valence electrons. The van der Waals surface area contributed by atoms with Crippen LogP contribution in [0.4, 0.5) is 11.4 Å². The zero-order valence-electron chi connectivity index (χ0n) is 13.6. The predicted molar refractivity (Wildman–Crippen MR) is 101 cm³/mol. The standard InChI is InChI=1S/C19H17N3O2S/c1-12-7-8-17(25-12)16-10-20-18-15(21-14-5-3-2-4-6-14)9-13(19(23)24)11-22(16)18/h2-7,9-11,17,21H,8H2,1H3,(H,23,24). The lowest BCUT2D eigenvalue weighted by Gasteiger charge is -2.13. The number of anilines is 2. The quantitative estimate of drug-likeness (QED) is 0.703. The van der Waals surface area contributed by atoms with E-state index >= 15 is 0 Å². The van der Waals surface area contributed by atoms with Crippen molar-refractivity contribution in [1.82, 2.24) is 9.38 Å². The average molecular weight is 351 g/mol. The van der Waals surface area contributed by atoms with Gasteiger partial charge in [-0.3, -0.25) is 0 Å². The summed E-state index contributed by atoms with van der Waals surface area (Å²) in [5.74, 6) is -0.953. The molecule has 0 aliphatic carbocycles. The van der Waals surface area contributed by atoms with Gasteiger partial charge < -0.3 is 14.8 Å². The summed E-state index contributed by atoms with van der Waals surface area (Å²) in [6, 6.07) is 11.3. The Kier molecular flexibility index (Phi) is 3.97. The third-order valence-electron chi connectivity index (χ3n) is 4.21. The van der Waals surface area contributed by atoms with Crippen molar-refractivity contribution in [3.63, 3.8) is 0 Å². The van der Waals surface area contributed by atoms with Gasteiger partial charge in [0.15, 0.2) is 5.65 Å². The molecular formula is C19H17N3O2S. The fourth-order valence-corrected chi connectivity index (χ4v) is 4.13. The number of aromatic carboxylic acids is 1. The van der Waals surface area contributed by atoms with E-state index in [-0.39, 0.29) is 10.8 Å². The Labute approximate surface area is 149 Å². The molecule has 3 aromatic rings. The van der Waals surface area contributed by atoms with Gasteiger partial charge in [-0.1, -0.05) is 24.3 Å². The summed E-state index contributed by atoms with van der Waals surface area (Å²) < 4.78 is 1.90. The highest BCUT2D eigenvalue weighted by molar-refractivity contribution is 8.03. The number of carboxylic acid groups (broad SMARTS) is 1. The molecule has 0 saturated carbocycles. The fraction of sp³-hybridized carbons (Fsp3) is 0.158. The zero-order chi connectivity index (χ0) is 17.4. The maximum absolute atomic E-state index is 11.6. The molecule has 0 bridgehead atoms. The number of thioether (sulfide) groups is 1. The molecule has 1 unspecified atom stereocenters. The Morgan fingerprint density at radius 3 is 2.84 bits per heavy atom. The van der Waals surface area contributed by atoms with Crippen LogP contribution in [-0.4, -0.2) is 20.5 Å². The van der Waals surface area contributed by atoms with Crippen molar-refractivity contribution in [1.29, 1.82) is 0 Å². The summed E-state index contributed by atoms with van der Waals surface area (Å²) in [6.07, 6.45) is 6.65. The van der Waals surface area contributed by atoms with E-state index in [4.69, 9.17) is 0 Å². The number of fused-ring (bicyclic) bond motifs is 1. The Hall–Kier alpha value is -2.73. The lowest BCUT2D eigenvalue weighted by molar-refractivity contribution is 0.0696. The van der Waals surface area contributed by atoms with Crippen molar-refractivity contribution < 1.29 is 9.90 Å². The predicted octanol–water partition coefficient (Wildman–Crippen LogP) is 4.86. The van der Waals surface area contributed by atoms with Gasteiger partial charge in [0.2, 0.25) is 0 Å². The van der Waals surface area contributed by atoms with Crippen molar-refractivity contribution in [3.05, 3.63) is 71.0 Å². The monoisotopic (exact) mass is 351 g/mol. The number of hydrogen-bond donors (Lipinski definition) is 2. The van der Waals surface area contributed by atoms with Crippen LogP contribution in [0.1, 0.15) is 34.6 Å². The summed E-state index contributed by atoms with van der Waals surface area (Å²) >= 11 is 1.79. The normalized spacial score (nSPS) is 16.8. The molecule has 3 heterocycles. The van der Waals surface area contributed by atoms with Gasteiger partial charge in [-0.15, -0.1) is 11.8 Å². The Morgan fingerprint density at radius 1 is 1.36 bits per heavy atom. The lowest BCUT2D eigenvalue weighted by Crippen LogP contribution is -2.05. The van der Waals surface area contributed by atoms with Crippen LogP contribution in [-0.2, 0) is 0 Å². The first-order valence-corrected chi connectivity index (χ1v) is 8.89. The Bertz CT molecular complexity index is 979. The molecule has 1 atom stereocenters. The maximum atomic E-state index is 11.6. The average Bonchev–Trinajstić information content (AvgIpc) is 3.21. The number of hydrogen-bond acceptors (Lipinski definition) is 4. The fourth-order valence-electron chi connectivity index (χ4n) is 3.00. The van der Waals surface area contributed by atoms with E-state index < -0.39 is 5.97 Å². The van der Waals surface area contributed by atoms with E-state index in [0.717, 1.165) is 23.4 Å². The van der Waals surface area contributed by atoms with E-state index in [1.807, 2.05) is 40.9 Å². The molecule has 5 nitrogen and oxygen atoms in total. The maximum Gasteiger partial charge on any atom is 0.337 e. The minimum Gasteiger partial charge on any atom is -0.478 e. The van der Waals surface area contributed by atoms with Crippen molar-refractivity contribution >= 4 is 34.8 Å². The van der Waals surface area contributed by atoms with Gasteiger partial charge in [0.05, 0.1) is 28.4 Å². The number of carbonyl (C=O) groups is 1. The van der Waals surface area contributed by atoms with Crippen LogP contribution in [0.3, 0.4) is 0 Å². The molecule has 1 aliphatic rings. The van der Waals surface area contributed by atoms with E-state index in [1.54, 1.807) is 24.0 Å². The SMILES string of the molecule is CC1=CCC(c2cnc3c(Nc4ccccc4)cc(C(=O)O)cn23)S1. The smallest absolute Gasteiger partial charge is 0.337 e. The Morgan fingerprint density at radius 2 is 2.16 bits per heavy atom. The number of imidazole rings is 1. The second-order valence-corrected chi connectivity index (χ2v) is 7.42. The second-order valence-electron chi connectivity index (χ2n) is 5.97. The van der Waals surface area contributed by atoms with Gasteiger partial charge in [-0.05, 0) is 36.4 Å². The number of carboxylic acids is 1. The van der Waals surface area contributed by atoms with Crippen LogP contribution < -0.4 is 5.32 Å². The van der Waals surface area contributed by atoms with Gasteiger partial charge in [0.1, 0.15) is 0 Å². The first-order chi connectivity index (χ1) is 12.1. The number of aromatic nitrogens is 2. The summed E-state index contributed by atoms with van der Waals surface area (Å²) in [7, 11) is 0. The van der Waals surface area contributed by atoms with Gasteiger partial charge in [0, 0.05) is 11.9 Å². The topological polar surface area (TPSA) is 66.6 Å². The summed E-state index contributed by atoms with van der Waals surface area (Å²) in [5.41, 5.74) is 3.56. The van der Waals surface area contributed by atoms with Crippen molar-refractivity contribution in [2.45, 2.75) is 18.6 Å². The molecule has 0 fully saturated rings. The summed E-state index contributed by atoms with van der Waals surface area (Å²) in [4.78, 5) is 17.4. The highest BCUT2D eigenvalue weighted by Crippen LogP contribution is 2.43. The minimum atomic E-state index is -0.953. The van der Waals surface area contributed by atoms with E-state index in [1.165, 1.54) is 4.91 Å². The first-order valence-electron chi connectivity index (χ1n) is 8.01. The molecule has 25 heavy (non-hydrogen) atoms. The minimum absolute atomic E-state index is 0.234. The van der Waals surface area contributed by atoms with Crippen LogP contribution in [0.25, 0.3) is 5.65 Å². The number of nitrogens with zero attached hydrogens (tertiary/aromatic N) is 2. The molecule has 0 amide bonds. The van der Waals surface area contributed by atoms with E-state index in [2.05, 4.69) is 23.3 Å². The number of benzene rings is 1. The van der Waals surface area contributed by atoms with Gasteiger partial charge in [0.25, 0.3) is 0 Å². The molecule has 1 aromatic carbocycles. The Balaban J connectivity index is 1.82.